The minimum absolute atomic E-state index is 0.560. The molecular weight excluding hydrogens is 206 g/mol. The summed E-state index contributed by atoms with van der Waals surface area (Å²) in [6.45, 7) is 3.59. The van der Waals surface area contributed by atoms with Crippen molar-refractivity contribution in [3.05, 3.63) is 39.8 Å². The van der Waals surface area contributed by atoms with Gasteiger partial charge in [0.2, 0.25) is 0 Å². The van der Waals surface area contributed by atoms with Crippen LogP contribution < -0.4 is 5.73 Å². The van der Waals surface area contributed by atoms with E-state index in [-0.39, 0.29) is 0 Å². The second kappa shape index (κ2) is 4.59. The van der Waals surface area contributed by atoms with Crippen molar-refractivity contribution in [1.82, 2.24) is 9.78 Å². The van der Waals surface area contributed by atoms with Crippen molar-refractivity contribution >= 4 is 11.3 Å². The molecule has 0 fully saturated rings. The van der Waals surface area contributed by atoms with Crippen molar-refractivity contribution in [2.45, 2.75) is 26.4 Å². The van der Waals surface area contributed by atoms with Crippen molar-refractivity contribution in [3.8, 4) is 0 Å². The Morgan fingerprint density at radius 3 is 2.80 bits per heavy atom. The van der Waals surface area contributed by atoms with Gasteiger partial charge in [0, 0.05) is 28.1 Å². The minimum atomic E-state index is 0.560. The van der Waals surface area contributed by atoms with Crippen molar-refractivity contribution in [2.24, 2.45) is 5.73 Å². The van der Waals surface area contributed by atoms with E-state index in [1.807, 2.05) is 28.4 Å². The van der Waals surface area contributed by atoms with E-state index in [1.165, 1.54) is 9.75 Å². The normalized spacial score (nSPS) is 10.8. The van der Waals surface area contributed by atoms with Crippen LogP contribution in [0.5, 0.6) is 0 Å². The second-order valence-electron chi connectivity index (χ2n) is 3.47. The number of hydrogen-bond acceptors (Lipinski definition) is 3. The van der Waals surface area contributed by atoms with Crippen LogP contribution in [0.1, 0.15) is 22.2 Å². The summed E-state index contributed by atoms with van der Waals surface area (Å²) in [5, 5.41) is 4.26. The van der Waals surface area contributed by atoms with Crippen LogP contribution in [-0.2, 0) is 19.5 Å². The molecule has 3 nitrogen and oxygen atoms in total. The maximum Gasteiger partial charge on any atom is 0.0752 e. The molecule has 2 aromatic rings. The molecular formula is C11H15N3S. The summed E-state index contributed by atoms with van der Waals surface area (Å²) in [5.74, 6) is 0. The fourth-order valence-corrected chi connectivity index (χ4v) is 2.41. The Bertz CT molecular complexity index is 390. The summed E-state index contributed by atoms with van der Waals surface area (Å²) < 4.78 is 1.94. The third-order valence-corrected chi connectivity index (χ3v) is 3.52. The zero-order chi connectivity index (χ0) is 10.7. The van der Waals surface area contributed by atoms with Crippen molar-refractivity contribution in [3.63, 3.8) is 0 Å². The van der Waals surface area contributed by atoms with Crippen LogP contribution >= 0.6 is 11.3 Å². The van der Waals surface area contributed by atoms with Gasteiger partial charge in [-0.1, -0.05) is 6.92 Å². The van der Waals surface area contributed by atoms with Gasteiger partial charge in [-0.25, -0.2) is 0 Å². The van der Waals surface area contributed by atoms with E-state index in [1.54, 1.807) is 0 Å². The van der Waals surface area contributed by atoms with Crippen LogP contribution in [0.25, 0.3) is 0 Å². The zero-order valence-corrected chi connectivity index (χ0v) is 9.63. The van der Waals surface area contributed by atoms with Gasteiger partial charge in [-0.15, -0.1) is 11.3 Å². The van der Waals surface area contributed by atoms with Gasteiger partial charge in [0.25, 0.3) is 0 Å². The van der Waals surface area contributed by atoms with Gasteiger partial charge in [-0.05, 0) is 18.6 Å². The maximum atomic E-state index is 5.53. The summed E-state index contributed by atoms with van der Waals surface area (Å²) in [4.78, 5) is 2.77. The number of hydrogen-bond donors (Lipinski definition) is 1. The highest BCUT2D eigenvalue weighted by Crippen LogP contribution is 2.17. The summed E-state index contributed by atoms with van der Waals surface area (Å²) in [6, 6.07) is 4.36. The second-order valence-corrected chi connectivity index (χ2v) is 4.72. The molecule has 0 saturated heterocycles. The van der Waals surface area contributed by atoms with Gasteiger partial charge in [0.15, 0.2) is 0 Å². The minimum Gasteiger partial charge on any atom is -0.326 e. The molecule has 0 bridgehead atoms. The quantitative estimate of drug-likeness (QED) is 0.858. The van der Waals surface area contributed by atoms with Gasteiger partial charge in [-0.3, -0.25) is 4.68 Å². The Morgan fingerprint density at radius 1 is 1.40 bits per heavy atom. The third kappa shape index (κ3) is 2.46. The highest BCUT2D eigenvalue weighted by Gasteiger charge is 2.01. The molecule has 0 saturated carbocycles. The smallest absolute Gasteiger partial charge is 0.0752 e. The summed E-state index contributed by atoms with van der Waals surface area (Å²) >= 11 is 1.85. The number of nitrogens with two attached hydrogens (primary N) is 1. The SMILES string of the molecule is CCc1ccc(Cn2cc(CN)cn2)s1. The topological polar surface area (TPSA) is 43.8 Å². The lowest BCUT2D eigenvalue weighted by molar-refractivity contribution is 0.694. The fraction of sp³-hybridized carbons (Fsp3) is 0.364. The van der Waals surface area contributed by atoms with Crippen LogP contribution in [0, 0.1) is 0 Å². The zero-order valence-electron chi connectivity index (χ0n) is 8.81. The molecule has 2 rings (SSSR count). The first-order chi connectivity index (χ1) is 7.31. The van der Waals surface area contributed by atoms with Gasteiger partial charge in [-0.2, -0.15) is 5.10 Å². The predicted octanol–water partition coefficient (Wildman–Crippen LogP) is 2.01. The lowest BCUT2D eigenvalue weighted by Gasteiger charge is -1.97. The van der Waals surface area contributed by atoms with E-state index in [0.29, 0.717) is 6.54 Å². The van der Waals surface area contributed by atoms with E-state index in [4.69, 9.17) is 5.73 Å². The first-order valence-corrected chi connectivity index (χ1v) is 5.92. The number of aryl methyl sites for hydroxylation is 1. The average Bonchev–Trinajstić information content (AvgIpc) is 2.87. The molecule has 2 heterocycles. The molecule has 0 radical (unpaired) electrons. The lowest BCUT2D eigenvalue weighted by atomic mass is 10.3. The summed E-state index contributed by atoms with van der Waals surface area (Å²) in [5.41, 5.74) is 6.62. The van der Waals surface area contributed by atoms with Crippen LogP contribution in [0.3, 0.4) is 0 Å². The lowest BCUT2D eigenvalue weighted by Crippen LogP contribution is -1.98. The highest BCUT2D eigenvalue weighted by molar-refractivity contribution is 7.11. The van der Waals surface area contributed by atoms with Gasteiger partial charge >= 0.3 is 0 Å². The Hall–Kier alpha value is -1.13. The Balaban J connectivity index is 2.07. The summed E-state index contributed by atoms with van der Waals surface area (Å²) in [7, 11) is 0. The molecule has 0 unspecified atom stereocenters. The van der Waals surface area contributed by atoms with Crippen LogP contribution in [0.4, 0.5) is 0 Å². The van der Waals surface area contributed by atoms with Crippen LogP contribution in [0.2, 0.25) is 0 Å². The molecule has 2 aromatic heterocycles. The van der Waals surface area contributed by atoms with Crippen molar-refractivity contribution in [2.75, 3.05) is 0 Å². The number of nitrogens with zero attached hydrogens (tertiary/aromatic N) is 2. The molecule has 0 atom stereocenters. The Morgan fingerprint density at radius 2 is 2.20 bits per heavy atom. The van der Waals surface area contributed by atoms with E-state index in [2.05, 4.69) is 24.2 Å². The molecule has 0 aromatic carbocycles. The molecule has 0 amide bonds. The Labute approximate surface area is 93.5 Å². The van der Waals surface area contributed by atoms with Gasteiger partial charge in [0.05, 0.1) is 12.7 Å². The van der Waals surface area contributed by atoms with Crippen LogP contribution in [0.15, 0.2) is 24.5 Å². The molecule has 0 spiro atoms. The fourth-order valence-electron chi connectivity index (χ4n) is 1.46. The average molecular weight is 221 g/mol. The predicted molar refractivity (Wildman–Crippen MR) is 62.9 cm³/mol. The molecule has 0 aliphatic heterocycles. The monoisotopic (exact) mass is 221 g/mol. The molecule has 80 valence electrons. The van der Waals surface area contributed by atoms with Crippen LogP contribution in [-0.4, -0.2) is 9.78 Å². The molecule has 4 heteroatoms. The number of thiophene rings is 1. The maximum absolute atomic E-state index is 5.53. The Kier molecular flexibility index (Phi) is 3.18. The van der Waals surface area contributed by atoms with Gasteiger partial charge in [0.1, 0.15) is 0 Å². The first kappa shape index (κ1) is 10.4. The highest BCUT2D eigenvalue weighted by atomic mass is 32.1. The molecule has 0 aliphatic rings. The number of rotatable bonds is 4. The number of aromatic nitrogens is 2. The standard InChI is InChI=1S/C11H15N3S/c1-2-10-3-4-11(15-10)8-14-7-9(5-12)6-13-14/h3-4,6-7H,2,5,8,12H2,1H3. The molecule has 15 heavy (non-hydrogen) atoms. The largest absolute Gasteiger partial charge is 0.326 e. The van der Waals surface area contributed by atoms with E-state index >= 15 is 0 Å². The van der Waals surface area contributed by atoms with Crippen molar-refractivity contribution in [1.29, 1.82) is 0 Å². The first-order valence-electron chi connectivity index (χ1n) is 5.10. The third-order valence-electron chi connectivity index (χ3n) is 2.31. The van der Waals surface area contributed by atoms with E-state index in [9.17, 15) is 0 Å². The van der Waals surface area contributed by atoms with Crippen molar-refractivity contribution < 1.29 is 0 Å². The molecule has 2 N–H and O–H groups in total. The summed E-state index contributed by atoms with van der Waals surface area (Å²) in [6.07, 6.45) is 4.94. The van der Waals surface area contributed by atoms with E-state index in [0.717, 1.165) is 18.5 Å². The molecule has 0 aliphatic carbocycles. The van der Waals surface area contributed by atoms with E-state index < -0.39 is 0 Å². The van der Waals surface area contributed by atoms with Gasteiger partial charge < -0.3 is 5.73 Å².